The summed E-state index contributed by atoms with van der Waals surface area (Å²) in [7, 11) is -3.56. The number of ether oxygens (including phenoxy) is 1. The minimum Gasteiger partial charge on any atom is -0.378 e. The van der Waals surface area contributed by atoms with Gasteiger partial charge >= 0.3 is 0 Å². The highest BCUT2D eigenvalue weighted by Crippen LogP contribution is 2.57. The second-order valence-electron chi connectivity index (χ2n) is 7.23. The molecule has 1 aromatic carbocycles. The Balaban J connectivity index is 1.55. The number of hydrogen-bond acceptors (Lipinski definition) is 5. The summed E-state index contributed by atoms with van der Waals surface area (Å²) in [5.41, 5.74) is 1.07. The summed E-state index contributed by atoms with van der Waals surface area (Å²) in [6.07, 6.45) is 4.13. The lowest BCUT2D eigenvalue weighted by atomic mass is 9.51. The number of benzene rings is 1. The van der Waals surface area contributed by atoms with Gasteiger partial charge in [-0.2, -0.15) is 5.26 Å². The molecule has 1 aromatic rings. The first-order valence-electron chi connectivity index (χ1n) is 8.99. The van der Waals surface area contributed by atoms with Crippen molar-refractivity contribution in [2.24, 2.45) is 5.41 Å². The summed E-state index contributed by atoms with van der Waals surface area (Å²) in [6, 6.07) is 8.38. The van der Waals surface area contributed by atoms with E-state index in [4.69, 9.17) is 10.00 Å². The Morgan fingerprint density at radius 2 is 2.04 bits per heavy atom. The molecular formula is C19H24N2O4S. The second-order valence-corrected chi connectivity index (χ2v) is 9.29. The Kier molecular flexibility index (Phi) is 5.35. The van der Waals surface area contributed by atoms with Crippen LogP contribution in [-0.4, -0.2) is 38.8 Å². The van der Waals surface area contributed by atoms with E-state index in [1.54, 1.807) is 24.3 Å². The zero-order chi connectivity index (χ0) is 18.8. The molecule has 0 saturated heterocycles. The molecule has 2 saturated carbocycles. The van der Waals surface area contributed by atoms with Crippen LogP contribution in [0.1, 0.15) is 43.7 Å². The Hall–Kier alpha value is -1.91. The molecule has 2 aliphatic rings. The molecule has 2 unspecified atom stereocenters. The number of nitrogens with one attached hydrogen (secondary N) is 1. The Morgan fingerprint density at radius 3 is 2.58 bits per heavy atom. The third kappa shape index (κ3) is 3.76. The van der Waals surface area contributed by atoms with Crippen molar-refractivity contribution < 1.29 is 17.9 Å². The number of hydrogen-bond donors (Lipinski definition) is 1. The predicted molar refractivity (Wildman–Crippen MR) is 96.9 cm³/mol. The maximum Gasteiger partial charge on any atom is 0.235 e. The van der Waals surface area contributed by atoms with Gasteiger partial charge in [-0.15, -0.1) is 0 Å². The first-order valence-corrected chi connectivity index (χ1v) is 10.8. The quantitative estimate of drug-likeness (QED) is 0.784. The molecule has 1 spiro atoms. The van der Waals surface area contributed by atoms with Crippen LogP contribution < -0.4 is 5.32 Å². The van der Waals surface area contributed by atoms with Crippen molar-refractivity contribution in [1.29, 1.82) is 5.26 Å². The fourth-order valence-corrected chi connectivity index (χ4v) is 5.34. The lowest BCUT2D eigenvalue weighted by molar-refractivity contribution is -0.175. The zero-order valence-electron chi connectivity index (χ0n) is 14.9. The van der Waals surface area contributed by atoms with Gasteiger partial charge < -0.3 is 10.1 Å². The Morgan fingerprint density at radius 1 is 1.35 bits per heavy atom. The van der Waals surface area contributed by atoms with E-state index < -0.39 is 21.5 Å². The fourth-order valence-electron chi connectivity index (χ4n) is 4.06. The van der Waals surface area contributed by atoms with Crippen molar-refractivity contribution in [2.75, 3.05) is 12.4 Å². The first kappa shape index (κ1) is 18.9. The van der Waals surface area contributed by atoms with Gasteiger partial charge in [0.2, 0.25) is 5.91 Å². The SMILES string of the molecule is CCOC1CC(NC(=O)CS(=O)(=O)Cc2ccc(C#N)cc2)C12CCC2. The van der Waals surface area contributed by atoms with E-state index in [0.29, 0.717) is 17.7 Å². The summed E-state index contributed by atoms with van der Waals surface area (Å²) in [5, 5.41) is 11.7. The molecule has 0 heterocycles. The molecule has 0 aliphatic heterocycles. The number of sulfone groups is 1. The average Bonchev–Trinajstić information content (AvgIpc) is 2.52. The van der Waals surface area contributed by atoms with Gasteiger partial charge in [-0.05, 0) is 43.9 Å². The van der Waals surface area contributed by atoms with Crippen LogP contribution in [0.4, 0.5) is 0 Å². The molecule has 26 heavy (non-hydrogen) atoms. The van der Waals surface area contributed by atoms with Gasteiger partial charge in [0.05, 0.1) is 23.5 Å². The molecule has 2 atom stereocenters. The fraction of sp³-hybridized carbons (Fsp3) is 0.579. The standard InChI is InChI=1S/C19H24N2O4S/c1-2-25-17-10-16(19(17)8-3-9-19)21-18(22)13-26(23,24)12-15-6-4-14(11-20)5-7-15/h4-7,16-17H,2-3,8-10,12-13H2,1H3,(H,21,22). The van der Waals surface area contributed by atoms with Crippen LogP contribution in [0, 0.1) is 16.7 Å². The monoisotopic (exact) mass is 376 g/mol. The highest BCUT2D eigenvalue weighted by molar-refractivity contribution is 7.91. The van der Waals surface area contributed by atoms with Gasteiger partial charge in [-0.3, -0.25) is 4.79 Å². The lowest BCUT2D eigenvalue weighted by Gasteiger charge is -2.61. The Labute approximate surface area is 154 Å². The number of nitrogens with zero attached hydrogens (tertiary/aromatic N) is 1. The van der Waals surface area contributed by atoms with Gasteiger partial charge in [0.25, 0.3) is 0 Å². The number of carbonyl (C=O) groups is 1. The van der Waals surface area contributed by atoms with E-state index in [1.165, 1.54) is 0 Å². The summed E-state index contributed by atoms with van der Waals surface area (Å²) in [4.78, 5) is 12.3. The minimum atomic E-state index is -3.56. The molecule has 7 heteroatoms. The predicted octanol–water partition coefficient (Wildman–Crippen LogP) is 1.94. The third-order valence-corrected chi connectivity index (χ3v) is 7.07. The van der Waals surface area contributed by atoms with Crippen molar-refractivity contribution in [3.8, 4) is 6.07 Å². The molecule has 1 amide bonds. The molecule has 2 aliphatic carbocycles. The van der Waals surface area contributed by atoms with E-state index >= 15 is 0 Å². The normalized spacial score (nSPS) is 23.5. The van der Waals surface area contributed by atoms with Crippen molar-refractivity contribution in [3.05, 3.63) is 35.4 Å². The van der Waals surface area contributed by atoms with Gasteiger partial charge in [0.1, 0.15) is 5.75 Å². The van der Waals surface area contributed by atoms with Crippen LogP contribution in [-0.2, 0) is 25.1 Å². The van der Waals surface area contributed by atoms with Crippen LogP contribution >= 0.6 is 0 Å². The highest BCUT2D eigenvalue weighted by atomic mass is 32.2. The molecule has 3 rings (SSSR count). The van der Waals surface area contributed by atoms with E-state index in [9.17, 15) is 13.2 Å². The lowest BCUT2D eigenvalue weighted by Crippen LogP contribution is -2.68. The molecule has 2 fully saturated rings. The molecule has 0 bridgehead atoms. The van der Waals surface area contributed by atoms with Crippen LogP contribution in [0.15, 0.2) is 24.3 Å². The summed E-state index contributed by atoms with van der Waals surface area (Å²) < 4.78 is 30.4. The zero-order valence-corrected chi connectivity index (χ0v) is 15.7. The average molecular weight is 376 g/mol. The second kappa shape index (κ2) is 7.37. The van der Waals surface area contributed by atoms with Gasteiger partial charge in [-0.25, -0.2) is 8.42 Å². The molecule has 1 N–H and O–H groups in total. The van der Waals surface area contributed by atoms with Crippen molar-refractivity contribution in [1.82, 2.24) is 5.32 Å². The van der Waals surface area contributed by atoms with Gasteiger partial charge in [-0.1, -0.05) is 18.6 Å². The summed E-state index contributed by atoms with van der Waals surface area (Å²) in [5.74, 6) is -1.16. The largest absolute Gasteiger partial charge is 0.378 e. The highest BCUT2D eigenvalue weighted by Gasteiger charge is 2.59. The topological polar surface area (TPSA) is 96.3 Å². The van der Waals surface area contributed by atoms with E-state index in [2.05, 4.69) is 5.32 Å². The van der Waals surface area contributed by atoms with Crippen LogP contribution in [0.25, 0.3) is 0 Å². The van der Waals surface area contributed by atoms with E-state index in [1.807, 2.05) is 13.0 Å². The molecular weight excluding hydrogens is 352 g/mol. The van der Waals surface area contributed by atoms with Crippen molar-refractivity contribution >= 4 is 15.7 Å². The Bertz CT molecular complexity index is 807. The van der Waals surface area contributed by atoms with Gasteiger partial charge in [0, 0.05) is 18.1 Å². The number of carbonyl (C=O) groups excluding carboxylic acids is 1. The van der Waals surface area contributed by atoms with Crippen LogP contribution in [0.5, 0.6) is 0 Å². The maximum atomic E-state index is 12.3. The molecule has 6 nitrogen and oxygen atoms in total. The van der Waals surface area contributed by atoms with Crippen LogP contribution in [0.2, 0.25) is 0 Å². The first-order chi connectivity index (χ1) is 12.4. The summed E-state index contributed by atoms with van der Waals surface area (Å²) in [6.45, 7) is 2.63. The van der Waals surface area contributed by atoms with E-state index in [0.717, 1.165) is 25.7 Å². The molecule has 140 valence electrons. The van der Waals surface area contributed by atoms with E-state index in [-0.39, 0.29) is 23.3 Å². The van der Waals surface area contributed by atoms with Crippen molar-refractivity contribution in [2.45, 2.75) is 50.5 Å². The van der Waals surface area contributed by atoms with Gasteiger partial charge in [0.15, 0.2) is 9.84 Å². The smallest absolute Gasteiger partial charge is 0.235 e. The molecule has 0 aromatic heterocycles. The molecule has 0 radical (unpaired) electrons. The third-order valence-electron chi connectivity index (χ3n) is 5.59. The minimum absolute atomic E-state index is 0.0164. The number of rotatable bonds is 7. The number of amides is 1. The number of nitriles is 1. The van der Waals surface area contributed by atoms with Crippen molar-refractivity contribution in [3.63, 3.8) is 0 Å². The maximum absolute atomic E-state index is 12.3. The van der Waals surface area contributed by atoms with Crippen LogP contribution in [0.3, 0.4) is 0 Å². The summed E-state index contributed by atoms with van der Waals surface area (Å²) >= 11 is 0.